The zero-order valence-electron chi connectivity index (χ0n) is 10.2. The summed E-state index contributed by atoms with van der Waals surface area (Å²) < 4.78 is 0. The van der Waals surface area contributed by atoms with E-state index in [4.69, 9.17) is 0 Å². The van der Waals surface area contributed by atoms with Crippen molar-refractivity contribution in [2.75, 3.05) is 6.61 Å². The molecule has 0 atom stereocenters. The minimum absolute atomic E-state index is 0.0247. The minimum Gasteiger partial charge on any atom is -0.394 e. The molecule has 1 aromatic heterocycles. The van der Waals surface area contributed by atoms with Crippen molar-refractivity contribution in [2.24, 2.45) is 0 Å². The predicted molar refractivity (Wildman–Crippen MR) is 75.6 cm³/mol. The molecule has 3 rings (SSSR count). The molecule has 1 aromatic carbocycles. The molecule has 0 aliphatic heterocycles. The SMILES string of the molecule is OCC1(NCc2cc(-c3ccccc3)cs2)CC1. The van der Waals surface area contributed by atoms with E-state index in [0.717, 1.165) is 19.4 Å². The molecule has 0 amide bonds. The molecule has 3 heteroatoms. The molecule has 1 saturated carbocycles. The van der Waals surface area contributed by atoms with E-state index >= 15 is 0 Å². The molecule has 0 radical (unpaired) electrons. The average molecular weight is 259 g/mol. The summed E-state index contributed by atoms with van der Waals surface area (Å²) in [5, 5.41) is 14.9. The van der Waals surface area contributed by atoms with Crippen molar-refractivity contribution >= 4 is 11.3 Å². The van der Waals surface area contributed by atoms with Gasteiger partial charge < -0.3 is 10.4 Å². The Morgan fingerprint density at radius 3 is 2.61 bits per heavy atom. The van der Waals surface area contributed by atoms with E-state index in [2.05, 4.69) is 41.0 Å². The van der Waals surface area contributed by atoms with Crippen molar-refractivity contribution in [1.82, 2.24) is 5.32 Å². The maximum absolute atomic E-state index is 9.26. The molecule has 0 unspecified atom stereocenters. The number of aliphatic hydroxyl groups excluding tert-OH is 1. The summed E-state index contributed by atoms with van der Waals surface area (Å²) in [4.78, 5) is 1.33. The fourth-order valence-corrected chi connectivity index (χ4v) is 2.90. The Balaban J connectivity index is 1.67. The molecule has 1 heterocycles. The minimum atomic E-state index is 0.0247. The lowest BCUT2D eigenvalue weighted by atomic mass is 10.1. The van der Waals surface area contributed by atoms with Crippen molar-refractivity contribution in [3.63, 3.8) is 0 Å². The van der Waals surface area contributed by atoms with Gasteiger partial charge in [-0.2, -0.15) is 0 Å². The van der Waals surface area contributed by atoms with Gasteiger partial charge in [-0.1, -0.05) is 30.3 Å². The second kappa shape index (κ2) is 4.84. The molecular weight excluding hydrogens is 242 g/mol. The maximum atomic E-state index is 9.26. The van der Waals surface area contributed by atoms with E-state index in [1.807, 2.05) is 6.07 Å². The van der Waals surface area contributed by atoms with Crippen LogP contribution in [0.4, 0.5) is 0 Å². The lowest BCUT2D eigenvalue weighted by Gasteiger charge is -2.12. The molecule has 0 spiro atoms. The summed E-state index contributed by atoms with van der Waals surface area (Å²) in [6, 6.07) is 12.7. The average Bonchev–Trinajstić information content (AvgIpc) is 3.07. The standard InChI is InChI=1S/C15H17NOS/c17-11-15(6-7-15)16-9-14-8-13(10-18-14)12-4-2-1-3-5-12/h1-5,8,10,16-17H,6-7,9,11H2. The smallest absolute Gasteiger partial charge is 0.0613 e. The Bertz CT molecular complexity index is 516. The molecule has 18 heavy (non-hydrogen) atoms. The number of thiophene rings is 1. The molecule has 94 valence electrons. The van der Waals surface area contributed by atoms with Gasteiger partial charge >= 0.3 is 0 Å². The molecule has 0 bridgehead atoms. The van der Waals surface area contributed by atoms with Crippen LogP contribution in [-0.4, -0.2) is 17.3 Å². The lowest BCUT2D eigenvalue weighted by molar-refractivity contribution is 0.230. The van der Waals surface area contributed by atoms with Crippen LogP contribution < -0.4 is 5.32 Å². The number of benzene rings is 1. The first-order valence-corrected chi connectivity index (χ1v) is 7.18. The van der Waals surface area contributed by atoms with Crippen molar-refractivity contribution in [3.05, 3.63) is 46.7 Å². The van der Waals surface area contributed by atoms with Gasteiger partial charge in [0.05, 0.1) is 6.61 Å². The normalized spacial score (nSPS) is 16.7. The Morgan fingerprint density at radius 1 is 1.17 bits per heavy atom. The van der Waals surface area contributed by atoms with Crippen LogP contribution in [0.25, 0.3) is 11.1 Å². The molecule has 0 saturated heterocycles. The highest BCUT2D eigenvalue weighted by atomic mass is 32.1. The lowest BCUT2D eigenvalue weighted by Crippen LogP contribution is -2.33. The first-order chi connectivity index (χ1) is 8.81. The maximum Gasteiger partial charge on any atom is 0.0613 e. The highest BCUT2D eigenvalue weighted by molar-refractivity contribution is 7.10. The monoisotopic (exact) mass is 259 g/mol. The van der Waals surface area contributed by atoms with Crippen LogP contribution in [0.2, 0.25) is 0 Å². The van der Waals surface area contributed by atoms with Crippen LogP contribution >= 0.6 is 11.3 Å². The number of hydrogen-bond acceptors (Lipinski definition) is 3. The predicted octanol–water partition coefficient (Wildman–Crippen LogP) is 3.03. The van der Waals surface area contributed by atoms with Crippen molar-refractivity contribution < 1.29 is 5.11 Å². The molecule has 1 fully saturated rings. The van der Waals surface area contributed by atoms with E-state index in [1.54, 1.807) is 11.3 Å². The van der Waals surface area contributed by atoms with Gasteiger partial charge in [0, 0.05) is 17.0 Å². The quantitative estimate of drug-likeness (QED) is 0.865. The Hall–Kier alpha value is -1.16. The van der Waals surface area contributed by atoms with Gasteiger partial charge in [-0.3, -0.25) is 0 Å². The number of aliphatic hydroxyl groups is 1. The third-order valence-corrected chi connectivity index (χ3v) is 4.49. The molecule has 1 aliphatic rings. The molecular formula is C15H17NOS. The zero-order valence-corrected chi connectivity index (χ0v) is 11.0. The van der Waals surface area contributed by atoms with Gasteiger partial charge in [0.25, 0.3) is 0 Å². The highest BCUT2D eigenvalue weighted by Gasteiger charge is 2.41. The topological polar surface area (TPSA) is 32.3 Å². The third-order valence-electron chi connectivity index (χ3n) is 3.55. The summed E-state index contributed by atoms with van der Waals surface area (Å²) in [6.45, 7) is 1.11. The van der Waals surface area contributed by atoms with Crippen molar-refractivity contribution in [1.29, 1.82) is 0 Å². The van der Waals surface area contributed by atoms with Crippen molar-refractivity contribution in [3.8, 4) is 11.1 Å². The first-order valence-electron chi connectivity index (χ1n) is 6.30. The van der Waals surface area contributed by atoms with Crippen LogP contribution in [0.1, 0.15) is 17.7 Å². The van der Waals surface area contributed by atoms with Gasteiger partial charge in [-0.25, -0.2) is 0 Å². The van der Waals surface area contributed by atoms with Gasteiger partial charge in [-0.15, -0.1) is 11.3 Å². The van der Waals surface area contributed by atoms with Gasteiger partial charge in [-0.05, 0) is 35.4 Å². The van der Waals surface area contributed by atoms with E-state index in [-0.39, 0.29) is 12.1 Å². The third kappa shape index (κ3) is 2.48. The molecule has 2 aromatic rings. The van der Waals surface area contributed by atoms with E-state index in [9.17, 15) is 5.11 Å². The van der Waals surface area contributed by atoms with E-state index in [0.29, 0.717) is 0 Å². The highest BCUT2D eigenvalue weighted by Crippen LogP contribution is 2.35. The Labute approximate surface area is 111 Å². The number of hydrogen-bond donors (Lipinski definition) is 2. The zero-order chi connectivity index (χ0) is 12.4. The largest absolute Gasteiger partial charge is 0.394 e. The number of rotatable bonds is 5. The Morgan fingerprint density at radius 2 is 1.94 bits per heavy atom. The molecule has 2 nitrogen and oxygen atoms in total. The van der Waals surface area contributed by atoms with Crippen molar-refractivity contribution in [2.45, 2.75) is 24.9 Å². The van der Waals surface area contributed by atoms with Crippen LogP contribution in [0.15, 0.2) is 41.8 Å². The number of nitrogens with one attached hydrogen (secondary N) is 1. The van der Waals surface area contributed by atoms with Crippen LogP contribution in [-0.2, 0) is 6.54 Å². The van der Waals surface area contributed by atoms with Gasteiger partial charge in [0.1, 0.15) is 0 Å². The molecule has 2 N–H and O–H groups in total. The summed E-state index contributed by atoms with van der Waals surface area (Å²) >= 11 is 1.78. The summed E-state index contributed by atoms with van der Waals surface area (Å²) in [5.74, 6) is 0. The second-order valence-corrected chi connectivity index (χ2v) is 5.96. The van der Waals surface area contributed by atoms with Crippen LogP contribution in [0, 0.1) is 0 Å². The fourth-order valence-electron chi connectivity index (χ4n) is 2.07. The van der Waals surface area contributed by atoms with Gasteiger partial charge in [0.15, 0.2) is 0 Å². The van der Waals surface area contributed by atoms with Gasteiger partial charge in [0.2, 0.25) is 0 Å². The summed E-state index contributed by atoms with van der Waals surface area (Å²) in [7, 11) is 0. The summed E-state index contributed by atoms with van der Waals surface area (Å²) in [6.07, 6.45) is 2.20. The van der Waals surface area contributed by atoms with E-state index < -0.39 is 0 Å². The second-order valence-electron chi connectivity index (χ2n) is 4.96. The molecule has 1 aliphatic carbocycles. The van der Waals surface area contributed by atoms with Crippen LogP contribution in [0.3, 0.4) is 0 Å². The van der Waals surface area contributed by atoms with Crippen LogP contribution in [0.5, 0.6) is 0 Å². The Kier molecular flexibility index (Phi) is 3.20. The first kappa shape index (κ1) is 11.9. The summed E-state index contributed by atoms with van der Waals surface area (Å²) in [5.41, 5.74) is 2.58. The fraction of sp³-hybridized carbons (Fsp3) is 0.333. The van der Waals surface area contributed by atoms with E-state index in [1.165, 1.54) is 16.0 Å².